The molecule has 7 aromatic carbocycles. The van der Waals surface area contributed by atoms with Crippen molar-refractivity contribution in [2.24, 2.45) is 0 Å². The van der Waals surface area contributed by atoms with Crippen molar-refractivity contribution in [1.82, 2.24) is 19.5 Å². The Morgan fingerprint density at radius 2 is 1.16 bits per heavy atom. The van der Waals surface area contributed by atoms with Gasteiger partial charge in [-0.15, -0.1) is 0 Å². The van der Waals surface area contributed by atoms with E-state index in [1.54, 1.807) is 0 Å². The average Bonchev–Trinajstić information content (AvgIpc) is 3.78. The smallest absolute Gasteiger partial charge is 0.164 e. The molecule has 0 spiro atoms. The van der Waals surface area contributed by atoms with Gasteiger partial charge in [0.05, 0.1) is 17.9 Å². The van der Waals surface area contributed by atoms with Crippen molar-refractivity contribution < 1.29 is 11.3 Å². The number of para-hydroxylation sites is 1. The van der Waals surface area contributed by atoms with Gasteiger partial charge in [0.25, 0.3) is 0 Å². The highest BCUT2D eigenvalue weighted by molar-refractivity contribution is 6.13. The molecule has 5 nitrogen and oxygen atoms in total. The summed E-state index contributed by atoms with van der Waals surface area (Å²) in [7, 11) is 0. The summed E-state index contributed by atoms with van der Waals surface area (Å²) in [5.41, 5.74) is 7.98. The number of rotatable bonds is 5. The maximum Gasteiger partial charge on any atom is 0.164 e. The van der Waals surface area contributed by atoms with Gasteiger partial charge in [-0.3, -0.25) is 0 Å². The van der Waals surface area contributed by atoms with Gasteiger partial charge in [-0.05, 0) is 47.5 Å². The molecule has 50 heavy (non-hydrogen) atoms. The second-order valence-electron chi connectivity index (χ2n) is 12.1. The van der Waals surface area contributed by atoms with Crippen molar-refractivity contribution in [3.05, 3.63) is 170 Å². The van der Waals surface area contributed by atoms with E-state index in [2.05, 4.69) is 94.5 Å². The Morgan fingerprint density at radius 1 is 0.460 bits per heavy atom. The van der Waals surface area contributed by atoms with E-state index in [0.717, 1.165) is 49.4 Å². The molecular formula is C45H28N4O. The molecule has 0 aliphatic heterocycles. The van der Waals surface area contributed by atoms with Gasteiger partial charge in [0.15, 0.2) is 17.5 Å². The van der Waals surface area contributed by atoms with Gasteiger partial charge in [-0.2, -0.15) is 0 Å². The van der Waals surface area contributed by atoms with Crippen LogP contribution in [0.1, 0.15) is 6.85 Å². The highest BCUT2D eigenvalue weighted by Crippen LogP contribution is 2.39. The van der Waals surface area contributed by atoms with Gasteiger partial charge in [-0.25, -0.2) is 15.0 Å². The molecule has 5 heteroatoms. The molecule has 0 saturated carbocycles. The quantitative estimate of drug-likeness (QED) is 0.187. The molecule has 0 fully saturated rings. The minimum absolute atomic E-state index is 0.0188. The van der Waals surface area contributed by atoms with Gasteiger partial charge >= 0.3 is 0 Å². The predicted molar refractivity (Wildman–Crippen MR) is 203 cm³/mol. The summed E-state index contributed by atoms with van der Waals surface area (Å²) in [5.74, 6) is 0.570. The molecule has 0 saturated heterocycles. The zero-order valence-corrected chi connectivity index (χ0v) is 26.5. The van der Waals surface area contributed by atoms with Crippen molar-refractivity contribution in [2.75, 3.05) is 0 Å². The van der Waals surface area contributed by atoms with Crippen molar-refractivity contribution in [3.8, 4) is 51.0 Å². The number of hydrogen-bond acceptors (Lipinski definition) is 4. The molecule has 0 aliphatic rings. The summed E-state index contributed by atoms with van der Waals surface area (Å²) in [6.45, 7) is 0. The lowest BCUT2D eigenvalue weighted by Crippen LogP contribution is -2.00. The van der Waals surface area contributed by atoms with Gasteiger partial charge in [0.1, 0.15) is 11.2 Å². The third kappa shape index (κ3) is 4.60. The fourth-order valence-electron chi connectivity index (χ4n) is 6.89. The summed E-state index contributed by atoms with van der Waals surface area (Å²) < 4.78 is 50.9. The summed E-state index contributed by atoms with van der Waals surface area (Å²) in [6.07, 6.45) is 0. The van der Waals surface area contributed by atoms with E-state index < -0.39 is 18.1 Å². The molecule has 3 heterocycles. The Labute approximate surface area is 294 Å². The zero-order chi connectivity index (χ0) is 37.4. The topological polar surface area (TPSA) is 56.7 Å². The normalized spacial score (nSPS) is 13.0. The number of hydrogen-bond donors (Lipinski definition) is 0. The lowest BCUT2D eigenvalue weighted by Gasteiger charge is -2.09. The Balaban J connectivity index is 1.17. The van der Waals surface area contributed by atoms with E-state index in [1.165, 1.54) is 0 Å². The molecule has 10 rings (SSSR count). The van der Waals surface area contributed by atoms with Crippen molar-refractivity contribution in [1.29, 1.82) is 0 Å². The van der Waals surface area contributed by atoms with Crippen LogP contribution >= 0.6 is 0 Å². The molecule has 234 valence electrons. The van der Waals surface area contributed by atoms with Crippen LogP contribution in [0, 0.1) is 0 Å². The van der Waals surface area contributed by atoms with Crippen molar-refractivity contribution in [2.45, 2.75) is 0 Å². The molecule has 0 N–H and O–H groups in total. The zero-order valence-electron chi connectivity index (χ0n) is 31.5. The minimum atomic E-state index is -0.483. The molecule has 0 radical (unpaired) electrons. The van der Waals surface area contributed by atoms with Crippen LogP contribution in [-0.2, 0) is 0 Å². The first-order valence-corrected chi connectivity index (χ1v) is 16.3. The van der Waals surface area contributed by atoms with E-state index in [0.29, 0.717) is 28.1 Å². The van der Waals surface area contributed by atoms with Crippen LogP contribution in [0.3, 0.4) is 0 Å². The lowest BCUT2D eigenvalue weighted by molar-refractivity contribution is 0.668. The van der Waals surface area contributed by atoms with E-state index in [1.807, 2.05) is 54.6 Å². The third-order valence-electron chi connectivity index (χ3n) is 9.15. The predicted octanol–water partition coefficient (Wildman–Crippen LogP) is 11.5. The highest BCUT2D eigenvalue weighted by Gasteiger charge is 2.19. The van der Waals surface area contributed by atoms with Crippen LogP contribution in [-0.4, -0.2) is 19.5 Å². The largest absolute Gasteiger partial charge is 0.456 e. The molecule has 0 aliphatic carbocycles. The van der Waals surface area contributed by atoms with Crippen LogP contribution in [0.15, 0.2) is 174 Å². The van der Waals surface area contributed by atoms with Crippen LogP contribution in [0.4, 0.5) is 0 Å². The second kappa shape index (κ2) is 11.4. The summed E-state index contributed by atoms with van der Waals surface area (Å²) in [4.78, 5) is 14.3. The number of aromatic nitrogens is 4. The van der Waals surface area contributed by atoms with Crippen LogP contribution in [0.5, 0.6) is 0 Å². The maximum absolute atomic E-state index is 8.68. The molecule has 0 bridgehead atoms. The summed E-state index contributed by atoms with van der Waals surface area (Å²) in [6, 6.07) is 44.4. The first kappa shape index (κ1) is 23.5. The number of benzene rings is 7. The first-order valence-electron chi connectivity index (χ1n) is 18.8. The minimum Gasteiger partial charge on any atom is -0.456 e. The lowest BCUT2D eigenvalue weighted by atomic mass is 10.0. The van der Waals surface area contributed by atoms with Crippen LogP contribution in [0.25, 0.3) is 94.7 Å². The Hall–Kier alpha value is -6.85. The van der Waals surface area contributed by atoms with Gasteiger partial charge in [0.2, 0.25) is 0 Å². The van der Waals surface area contributed by atoms with Crippen LogP contribution in [0.2, 0.25) is 0 Å². The molecule has 10 aromatic rings. The van der Waals surface area contributed by atoms with E-state index in [9.17, 15) is 0 Å². The molecule has 0 amide bonds. The Morgan fingerprint density at radius 3 is 1.98 bits per heavy atom. The summed E-state index contributed by atoms with van der Waals surface area (Å²) >= 11 is 0. The van der Waals surface area contributed by atoms with E-state index in [-0.39, 0.29) is 29.3 Å². The fourth-order valence-corrected chi connectivity index (χ4v) is 6.89. The molecular weight excluding hydrogens is 613 g/mol. The monoisotopic (exact) mass is 645 g/mol. The van der Waals surface area contributed by atoms with Gasteiger partial charge in [0, 0.05) is 50.0 Å². The Kier molecular flexibility index (Phi) is 5.35. The number of nitrogens with zero attached hydrogens (tertiary/aromatic N) is 4. The van der Waals surface area contributed by atoms with Gasteiger partial charge < -0.3 is 8.98 Å². The molecule has 0 atom stereocenters. The van der Waals surface area contributed by atoms with Crippen molar-refractivity contribution in [3.63, 3.8) is 0 Å². The van der Waals surface area contributed by atoms with Crippen molar-refractivity contribution >= 4 is 43.7 Å². The molecule has 3 aromatic heterocycles. The maximum atomic E-state index is 8.68. The second-order valence-corrected chi connectivity index (χ2v) is 12.1. The van der Waals surface area contributed by atoms with E-state index in [4.69, 9.17) is 21.2 Å². The molecule has 0 unspecified atom stereocenters. The van der Waals surface area contributed by atoms with E-state index >= 15 is 0 Å². The fraction of sp³-hybridized carbons (Fsp3) is 0. The highest BCUT2D eigenvalue weighted by atomic mass is 16.3. The van der Waals surface area contributed by atoms with Crippen LogP contribution < -0.4 is 0 Å². The summed E-state index contributed by atoms with van der Waals surface area (Å²) in [5, 5.41) is 3.95. The first-order chi connectivity index (χ1) is 26.9. The SMILES string of the molecule is [2H]c1c([2H])c([2H])c(-c2nc(-c3ccccc3)nc(-c3cccc4oc5cc(-n6c7ccccc7c7cc(-c8ccccc8)ccc76)ccc5c34)n2)c([2H])c1[2H]. The third-order valence-corrected chi connectivity index (χ3v) is 9.15. The standard InChI is InChI=1S/C45H28N4O/c1-4-13-29(14-5-1)32-23-26-39-37(27-32)34-19-10-11-21-38(34)49(39)33-24-25-35-41(28-33)50-40-22-12-20-36(42(35)40)45-47-43(30-15-6-2-7-16-30)46-44(48-45)31-17-8-3-9-18-31/h1-28H/i2D,6D,7D,15D,16D. The average molecular weight is 646 g/mol. The number of fused-ring (bicyclic) bond motifs is 6. The Bertz CT molecular complexity index is 3130. The van der Waals surface area contributed by atoms with Gasteiger partial charge in [-0.1, -0.05) is 127 Å². The number of furan rings is 1.